The van der Waals surface area contributed by atoms with E-state index in [-0.39, 0.29) is 11.3 Å². The fourth-order valence-electron chi connectivity index (χ4n) is 3.33. The van der Waals surface area contributed by atoms with Crippen molar-refractivity contribution in [1.82, 2.24) is 0 Å². The number of carbonyl (C=O) groups excluding carboxylic acids is 1. The number of primary amides is 1. The van der Waals surface area contributed by atoms with Crippen LogP contribution in [0.3, 0.4) is 0 Å². The van der Waals surface area contributed by atoms with Crippen molar-refractivity contribution < 1.29 is 19.4 Å². The number of amides is 1. The number of nitrogens with zero attached hydrogens (tertiary/aromatic N) is 4. The molecule has 0 saturated carbocycles. The summed E-state index contributed by atoms with van der Waals surface area (Å²) in [5.74, 6) is -0.236. The number of rotatable bonds is 6. The molecule has 1 saturated heterocycles. The van der Waals surface area contributed by atoms with Gasteiger partial charge in [-0.15, -0.1) is 0 Å². The van der Waals surface area contributed by atoms with E-state index >= 15 is 0 Å². The predicted octanol–water partition coefficient (Wildman–Crippen LogP) is 1.94. The Hall–Kier alpha value is -3.89. The van der Waals surface area contributed by atoms with Crippen LogP contribution >= 0.6 is 0 Å². The lowest BCUT2D eigenvalue weighted by Crippen LogP contribution is -2.47. The Morgan fingerprint density at radius 1 is 0.966 bits per heavy atom. The Bertz CT molecular complexity index is 919. The number of nitro benzene ring substituents is 2. The SMILES string of the molecule is COc1ccc(N2CCN(c3c([N+](=O)[O-])cc(C(N)=O)cc3[N+](=O)[O-])CC2)cc1. The van der Waals surface area contributed by atoms with Crippen LogP contribution in [0.4, 0.5) is 22.7 Å². The van der Waals surface area contributed by atoms with Gasteiger partial charge >= 0.3 is 0 Å². The largest absolute Gasteiger partial charge is 0.497 e. The predicted molar refractivity (Wildman–Crippen MR) is 106 cm³/mol. The number of nitro groups is 2. The molecule has 0 aliphatic carbocycles. The fraction of sp³-hybridized carbons (Fsp3) is 0.278. The molecule has 2 aromatic rings. The third-order valence-electron chi connectivity index (χ3n) is 4.78. The van der Waals surface area contributed by atoms with Crippen molar-refractivity contribution in [2.45, 2.75) is 0 Å². The van der Waals surface area contributed by atoms with Crippen molar-refractivity contribution in [3.63, 3.8) is 0 Å². The summed E-state index contributed by atoms with van der Waals surface area (Å²) in [5.41, 5.74) is 4.72. The van der Waals surface area contributed by atoms with Gasteiger partial charge in [0.2, 0.25) is 5.91 Å². The Balaban J connectivity index is 1.90. The van der Waals surface area contributed by atoms with Crippen molar-refractivity contribution in [1.29, 1.82) is 0 Å². The molecule has 2 aromatic carbocycles. The second-order valence-electron chi connectivity index (χ2n) is 6.41. The molecule has 0 atom stereocenters. The zero-order valence-electron chi connectivity index (χ0n) is 15.6. The summed E-state index contributed by atoms with van der Waals surface area (Å²) >= 11 is 0. The smallest absolute Gasteiger partial charge is 0.300 e. The summed E-state index contributed by atoms with van der Waals surface area (Å²) in [6, 6.07) is 9.45. The number of benzene rings is 2. The van der Waals surface area contributed by atoms with Gasteiger partial charge in [-0.25, -0.2) is 0 Å². The second-order valence-corrected chi connectivity index (χ2v) is 6.41. The molecule has 1 aliphatic heterocycles. The molecule has 3 rings (SSSR count). The molecule has 0 radical (unpaired) electrons. The number of hydrogen-bond acceptors (Lipinski definition) is 8. The lowest BCUT2D eigenvalue weighted by atomic mass is 10.1. The summed E-state index contributed by atoms with van der Waals surface area (Å²) in [4.78, 5) is 36.7. The summed E-state index contributed by atoms with van der Waals surface area (Å²) in [6.07, 6.45) is 0. The minimum Gasteiger partial charge on any atom is -0.497 e. The van der Waals surface area contributed by atoms with Gasteiger partial charge in [0.15, 0.2) is 5.69 Å². The lowest BCUT2D eigenvalue weighted by molar-refractivity contribution is -0.392. The molecule has 11 heteroatoms. The highest BCUT2D eigenvalue weighted by Gasteiger charge is 2.33. The van der Waals surface area contributed by atoms with Crippen molar-refractivity contribution in [3.05, 3.63) is 62.2 Å². The first-order chi connectivity index (χ1) is 13.8. The summed E-state index contributed by atoms with van der Waals surface area (Å²) in [7, 11) is 1.58. The third kappa shape index (κ3) is 4.03. The Labute approximate surface area is 165 Å². The van der Waals surface area contributed by atoms with Gasteiger partial charge in [0.25, 0.3) is 11.4 Å². The van der Waals surface area contributed by atoms with Gasteiger partial charge in [-0.1, -0.05) is 0 Å². The number of ether oxygens (including phenoxy) is 1. The van der Waals surface area contributed by atoms with E-state index in [1.807, 2.05) is 24.3 Å². The minimum atomic E-state index is -0.966. The Kier molecular flexibility index (Phi) is 5.48. The molecule has 1 aliphatic rings. The molecule has 152 valence electrons. The van der Waals surface area contributed by atoms with Gasteiger partial charge in [0, 0.05) is 44.0 Å². The van der Waals surface area contributed by atoms with Gasteiger partial charge in [0.1, 0.15) is 5.75 Å². The normalized spacial score (nSPS) is 13.8. The maximum Gasteiger partial charge on any atom is 0.300 e. The van der Waals surface area contributed by atoms with E-state index in [0.29, 0.717) is 26.2 Å². The van der Waals surface area contributed by atoms with Gasteiger partial charge in [-0.05, 0) is 24.3 Å². The van der Waals surface area contributed by atoms with Gasteiger partial charge < -0.3 is 20.3 Å². The van der Waals surface area contributed by atoms with Crippen LogP contribution in [0.15, 0.2) is 36.4 Å². The Morgan fingerprint density at radius 2 is 1.45 bits per heavy atom. The first kappa shape index (κ1) is 19.9. The highest BCUT2D eigenvalue weighted by atomic mass is 16.6. The Morgan fingerprint density at radius 3 is 1.86 bits per heavy atom. The second kappa shape index (κ2) is 8.00. The average molecular weight is 401 g/mol. The third-order valence-corrected chi connectivity index (χ3v) is 4.78. The van der Waals surface area contributed by atoms with Crippen molar-refractivity contribution in [3.8, 4) is 5.75 Å². The summed E-state index contributed by atoms with van der Waals surface area (Å²) in [5, 5.41) is 23.1. The molecule has 11 nitrogen and oxygen atoms in total. The van der Waals surface area contributed by atoms with Crippen molar-refractivity contribution >= 4 is 28.7 Å². The molecule has 1 fully saturated rings. The summed E-state index contributed by atoms with van der Waals surface area (Å²) < 4.78 is 5.14. The van der Waals surface area contributed by atoms with Gasteiger partial charge in [0.05, 0.1) is 22.5 Å². The van der Waals surface area contributed by atoms with Crippen LogP contribution in [0.1, 0.15) is 10.4 Å². The van der Waals surface area contributed by atoms with E-state index in [9.17, 15) is 25.0 Å². The van der Waals surface area contributed by atoms with Crippen LogP contribution in [0.25, 0.3) is 0 Å². The molecule has 0 spiro atoms. The van der Waals surface area contributed by atoms with Crippen LogP contribution in [0, 0.1) is 20.2 Å². The van der Waals surface area contributed by atoms with Gasteiger partial charge in [-0.3, -0.25) is 25.0 Å². The van der Waals surface area contributed by atoms with E-state index in [2.05, 4.69) is 4.90 Å². The van der Waals surface area contributed by atoms with Crippen molar-refractivity contribution in [2.24, 2.45) is 5.73 Å². The zero-order valence-corrected chi connectivity index (χ0v) is 15.6. The molecule has 0 aromatic heterocycles. The van der Waals surface area contributed by atoms with Crippen LogP contribution < -0.4 is 20.3 Å². The number of piperazine rings is 1. The first-order valence-electron chi connectivity index (χ1n) is 8.72. The number of anilines is 2. The maximum absolute atomic E-state index is 11.5. The summed E-state index contributed by atoms with van der Waals surface area (Å²) in [6.45, 7) is 1.70. The standard InChI is InChI=1S/C18H19N5O6/c1-29-14-4-2-13(3-5-14)20-6-8-21(9-7-20)17-15(22(25)26)10-12(18(19)24)11-16(17)23(27)28/h2-5,10-11H,6-9H2,1H3,(H2,19,24). The van der Waals surface area contributed by atoms with Gasteiger partial charge in [-0.2, -0.15) is 0 Å². The number of hydrogen-bond donors (Lipinski definition) is 1. The molecular weight excluding hydrogens is 382 g/mol. The molecule has 0 unspecified atom stereocenters. The van der Waals surface area contributed by atoms with Crippen LogP contribution in [-0.4, -0.2) is 49.0 Å². The maximum atomic E-state index is 11.5. The van der Waals surface area contributed by atoms with E-state index in [4.69, 9.17) is 10.5 Å². The zero-order chi connectivity index (χ0) is 21.1. The quantitative estimate of drug-likeness (QED) is 0.571. The molecular formula is C18H19N5O6. The average Bonchev–Trinajstić information content (AvgIpc) is 2.72. The van der Waals surface area contributed by atoms with E-state index in [0.717, 1.165) is 23.6 Å². The molecule has 0 bridgehead atoms. The van der Waals surface area contributed by atoms with Crippen LogP contribution in [0.5, 0.6) is 5.75 Å². The highest BCUT2D eigenvalue weighted by molar-refractivity contribution is 5.96. The van der Waals surface area contributed by atoms with E-state index in [1.54, 1.807) is 12.0 Å². The van der Waals surface area contributed by atoms with Crippen LogP contribution in [0.2, 0.25) is 0 Å². The number of methoxy groups -OCH3 is 1. The highest BCUT2D eigenvalue weighted by Crippen LogP contribution is 2.39. The van der Waals surface area contributed by atoms with E-state index in [1.165, 1.54) is 0 Å². The molecule has 1 heterocycles. The topological polar surface area (TPSA) is 145 Å². The first-order valence-corrected chi connectivity index (χ1v) is 8.72. The number of nitrogens with two attached hydrogens (primary N) is 1. The molecule has 2 N–H and O–H groups in total. The molecule has 29 heavy (non-hydrogen) atoms. The van der Waals surface area contributed by atoms with Crippen molar-refractivity contribution in [2.75, 3.05) is 43.1 Å². The van der Waals surface area contributed by atoms with E-state index < -0.39 is 27.1 Å². The monoisotopic (exact) mass is 401 g/mol. The molecule has 1 amide bonds. The number of carbonyl (C=O) groups is 1. The fourth-order valence-corrected chi connectivity index (χ4v) is 3.33. The van der Waals surface area contributed by atoms with Crippen LogP contribution in [-0.2, 0) is 0 Å². The minimum absolute atomic E-state index is 0.112. The lowest BCUT2D eigenvalue weighted by Gasteiger charge is -2.36.